The number of carbonyl (C=O) groups is 2. The second-order valence-electron chi connectivity index (χ2n) is 7.42. The van der Waals surface area contributed by atoms with Crippen molar-refractivity contribution >= 4 is 34.7 Å². The molecule has 0 radical (unpaired) electrons. The quantitative estimate of drug-likeness (QED) is 0.571. The van der Waals surface area contributed by atoms with Gasteiger partial charge < -0.3 is 15.2 Å². The minimum atomic E-state index is -1.18. The Hall–Kier alpha value is -3.36. The van der Waals surface area contributed by atoms with Crippen LogP contribution >= 0.6 is 22.7 Å². The number of nitrogens with zero attached hydrogens (tertiary/aromatic N) is 4. The highest BCUT2D eigenvalue weighted by molar-refractivity contribution is 7.14. The third kappa shape index (κ3) is 5.84. The summed E-state index contributed by atoms with van der Waals surface area (Å²) in [5.74, 6) is -1.18. The Labute approximate surface area is 186 Å². The lowest BCUT2D eigenvalue weighted by Gasteiger charge is -2.21. The highest BCUT2D eigenvalue weighted by Gasteiger charge is 2.25. The maximum Gasteiger partial charge on any atom is 0.408 e. The highest BCUT2D eigenvalue weighted by Crippen LogP contribution is 2.30. The van der Waals surface area contributed by atoms with E-state index in [4.69, 9.17) is 4.74 Å². The molecule has 3 heterocycles. The Bertz CT molecular complexity index is 1140. The number of thiazole rings is 2. The summed E-state index contributed by atoms with van der Waals surface area (Å²) in [5.41, 5.74) is 1.35. The third-order valence-electron chi connectivity index (χ3n) is 3.81. The Morgan fingerprint density at radius 2 is 2.00 bits per heavy atom. The van der Waals surface area contributed by atoms with Gasteiger partial charge in [0.05, 0.1) is 10.6 Å². The average molecular weight is 458 g/mol. The van der Waals surface area contributed by atoms with Crippen molar-refractivity contribution in [3.63, 3.8) is 0 Å². The number of nitrogens with one attached hydrogen (secondary N) is 1. The highest BCUT2D eigenvalue weighted by atomic mass is 32.1. The zero-order chi connectivity index (χ0) is 22.6. The summed E-state index contributed by atoms with van der Waals surface area (Å²) in [7, 11) is 0. The van der Waals surface area contributed by atoms with Gasteiger partial charge in [0, 0.05) is 23.4 Å². The number of carboxylic acid groups (broad SMARTS) is 1. The van der Waals surface area contributed by atoms with Gasteiger partial charge in [0.15, 0.2) is 0 Å². The lowest BCUT2D eigenvalue weighted by Crippen LogP contribution is -2.44. The van der Waals surface area contributed by atoms with E-state index >= 15 is 0 Å². The molecular weight excluding hydrogens is 438 g/mol. The molecule has 9 nitrogen and oxygen atoms in total. The normalized spacial score (nSPS) is 12.1. The molecule has 1 unspecified atom stereocenters. The molecule has 1 atom stereocenters. The molecule has 160 valence electrons. The number of carboxylic acids is 1. The van der Waals surface area contributed by atoms with Crippen LogP contribution in [-0.4, -0.2) is 43.8 Å². The summed E-state index contributed by atoms with van der Waals surface area (Å²) in [6.07, 6.45) is 0.806. The number of alkyl carbamates (subject to hydrolysis) is 1. The molecule has 0 bridgehead atoms. The fourth-order valence-corrected chi connectivity index (χ4v) is 4.19. The van der Waals surface area contributed by atoms with Crippen LogP contribution in [0.2, 0.25) is 0 Å². The monoisotopic (exact) mass is 457 g/mol. The fraction of sp³-hybridized carbons (Fsp3) is 0.300. The Kier molecular flexibility index (Phi) is 6.62. The number of rotatable bonds is 6. The van der Waals surface area contributed by atoms with E-state index in [1.54, 1.807) is 49.9 Å². The Morgan fingerprint density at radius 1 is 1.26 bits per heavy atom. The first-order valence-corrected chi connectivity index (χ1v) is 10.9. The van der Waals surface area contributed by atoms with E-state index in [-0.39, 0.29) is 6.42 Å². The van der Waals surface area contributed by atoms with Crippen LogP contribution in [0, 0.1) is 11.3 Å². The second kappa shape index (κ2) is 9.20. The number of carbonyl (C=O) groups excluding carboxylic acids is 1. The van der Waals surface area contributed by atoms with Gasteiger partial charge in [0.1, 0.15) is 39.8 Å². The molecule has 0 fully saturated rings. The van der Waals surface area contributed by atoms with Gasteiger partial charge in [-0.2, -0.15) is 5.26 Å². The Balaban J connectivity index is 1.74. The van der Waals surface area contributed by atoms with Crippen LogP contribution in [0.4, 0.5) is 4.79 Å². The Morgan fingerprint density at radius 3 is 2.68 bits per heavy atom. The molecular formula is C20H19N5O4S2. The molecule has 2 N–H and O–H groups in total. The van der Waals surface area contributed by atoms with Gasteiger partial charge in [0.2, 0.25) is 0 Å². The van der Waals surface area contributed by atoms with Crippen LogP contribution in [0.15, 0.2) is 29.1 Å². The lowest BCUT2D eigenvalue weighted by atomic mass is 10.2. The topological polar surface area (TPSA) is 138 Å². The summed E-state index contributed by atoms with van der Waals surface area (Å²) in [4.78, 5) is 36.7. The predicted octanol–water partition coefficient (Wildman–Crippen LogP) is 3.72. The number of hydrogen-bond donors (Lipinski definition) is 2. The van der Waals surface area contributed by atoms with E-state index in [1.807, 2.05) is 0 Å². The molecule has 1 amide bonds. The number of hydrogen-bond acceptors (Lipinski definition) is 9. The van der Waals surface area contributed by atoms with Crippen molar-refractivity contribution < 1.29 is 19.4 Å². The molecule has 0 saturated carbocycles. The van der Waals surface area contributed by atoms with Gasteiger partial charge in [-0.25, -0.2) is 19.6 Å². The minimum absolute atomic E-state index is 0.0102. The smallest absolute Gasteiger partial charge is 0.408 e. The van der Waals surface area contributed by atoms with Crippen molar-refractivity contribution in [2.75, 3.05) is 0 Å². The molecule has 0 aliphatic rings. The SMILES string of the molecule is CC(C)(C)OC(=O)NC(Cc1nc(-c2nc(-c3ncccc3C#N)cs2)cs1)C(=O)O. The zero-order valence-electron chi connectivity index (χ0n) is 16.9. The molecule has 3 aromatic heterocycles. The van der Waals surface area contributed by atoms with E-state index in [9.17, 15) is 20.0 Å². The largest absolute Gasteiger partial charge is 0.480 e. The molecule has 11 heteroatoms. The van der Waals surface area contributed by atoms with Crippen LogP contribution in [0.1, 0.15) is 31.3 Å². The summed E-state index contributed by atoms with van der Waals surface area (Å²) in [6, 6.07) is 4.28. The summed E-state index contributed by atoms with van der Waals surface area (Å²) >= 11 is 2.62. The van der Waals surface area contributed by atoms with Crippen molar-refractivity contribution in [2.24, 2.45) is 0 Å². The minimum Gasteiger partial charge on any atom is -0.480 e. The van der Waals surface area contributed by atoms with Crippen LogP contribution in [0.25, 0.3) is 22.1 Å². The maximum absolute atomic E-state index is 11.9. The number of pyridine rings is 1. The predicted molar refractivity (Wildman–Crippen MR) is 116 cm³/mol. The van der Waals surface area contributed by atoms with Gasteiger partial charge in [-0.1, -0.05) is 0 Å². The van der Waals surface area contributed by atoms with Crippen molar-refractivity contribution in [1.82, 2.24) is 20.3 Å². The number of aromatic nitrogens is 3. The maximum atomic E-state index is 11.9. The van der Waals surface area contributed by atoms with Crippen LogP contribution in [0.3, 0.4) is 0 Å². The van der Waals surface area contributed by atoms with Crippen LogP contribution < -0.4 is 5.32 Å². The molecule has 0 saturated heterocycles. The molecule has 0 aliphatic heterocycles. The van der Waals surface area contributed by atoms with Crippen molar-refractivity contribution in [1.29, 1.82) is 5.26 Å². The summed E-state index contributed by atoms with van der Waals surface area (Å²) in [5, 5.41) is 25.8. The lowest BCUT2D eigenvalue weighted by molar-refractivity contribution is -0.139. The van der Waals surface area contributed by atoms with Gasteiger partial charge in [-0.15, -0.1) is 22.7 Å². The molecule has 3 rings (SSSR count). The standard InChI is InChI=1S/C20H19N5O4S2/c1-20(2,3)29-19(28)25-12(18(26)27)7-15-23-14(10-30-15)17-24-13(9-31-17)16-11(8-21)5-4-6-22-16/h4-6,9-10,12H,7H2,1-3H3,(H,25,28)(H,26,27). The average Bonchev–Trinajstić information content (AvgIpc) is 3.35. The number of aliphatic carboxylic acids is 1. The molecule has 0 aliphatic carbocycles. The fourth-order valence-electron chi connectivity index (χ4n) is 2.53. The summed E-state index contributed by atoms with van der Waals surface area (Å²) in [6.45, 7) is 5.09. The number of nitriles is 1. The van der Waals surface area contributed by atoms with E-state index < -0.39 is 23.7 Å². The van der Waals surface area contributed by atoms with E-state index in [0.29, 0.717) is 32.7 Å². The third-order valence-corrected chi connectivity index (χ3v) is 5.55. The van der Waals surface area contributed by atoms with Gasteiger partial charge in [0.25, 0.3) is 0 Å². The van der Waals surface area contributed by atoms with Gasteiger partial charge >= 0.3 is 12.1 Å². The first-order valence-electron chi connectivity index (χ1n) is 9.14. The number of ether oxygens (including phenoxy) is 1. The molecule has 3 aromatic rings. The van der Waals surface area contributed by atoms with E-state index in [2.05, 4.69) is 26.3 Å². The van der Waals surface area contributed by atoms with Gasteiger partial charge in [-0.05, 0) is 32.9 Å². The first-order chi connectivity index (χ1) is 14.7. The van der Waals surface area contributed by atoms with E-state index in [1.165, 1.54) is 22.7 Å². The van der Waals surface area contributed by atoms with Crippen LogP contribution in [-0.2, 0) is 16.0 Å². The molecule has 0 aromatic carbocycles. The molecule has 31 heavy (non-hydrogen) atoms. The van der Waals surface area contributed by atoms with Gasteiger partial charge in [-0.3, -0.25) is 4.98 Å². The van der Waals surface area contributed by atoms with Crippen LogP contribution in [0.5, 0.6) is 0 Å². The molecule has 0 spiro atoms. The zero-order valence-corrected chi connectivity index (χ0v) is 18.6. The van der Waals surface area contributed by atoms with Crippen molar-refractivity contribution in [3.05, 3.63) is 39.7 Å². The van der Waals surface area contributed by atoms with E-state index in [0.717, 1.165) is 0 Å². The second-order valence-corrected chi connectivity index (χ2v) is 9.22. The van der Waals surface area contributed by atoms with Crippen molar-refractivity contribution in [2.45, 2.75) is 38.8 Å². The van der Waals surface area contributed by atoms with Crippen molar-refractivity contribution in [3.8, 4) is 28.2 Å². The summed E-state index contributed by atoms with van der Waals surface area (Å²) < 4.78 is 5.13. The first kappa shape index (κ1) is 22.3. The number of amides is 1.